The lowest BCUT2D eigenvalue weighted by Crippen LogP contribution is -2.17. The maximum absolute atomic E-state index is 5.73. The Hall–Kier alpha value is -0.820. The monoisotopic (exact) mass is 176 g/mol. The summed E-state index contributed by atoms with van der Waals surface area (Å²) in [5.74, 6) is 0.805. The highest BCUT2D eigenvalue weighted by Crippen LogP contribution is 2.30. The van der Waals surface area contributed by atoms with Gasteiger partial charge in [0, 0.05) is 6.61 Å². The summed E-state index contributed by atoms with van der Waals surface area (Å²) in [6.45, 7) is 3.22. The molecule has 1 aromatic rings. The lowest BCUT2D eigenvalue weighted by atomic mass is 9.94. The van der Waals surface area contributed by atoms with Gasteiger partial charge in [-0.3, -0.25) is 0 Å². The van der Waals surface area contributed by atoms with E-state index in [2.05, 4.69) is 37.3 Å². The molecule has 70 valence electrons. The third-order valence-corrected chi connectivity index (χ3v) is 2.72. The summed E-state index contributed by atoms with van der Waals surface area (Å²) >= 11 is 0. The number of benzene rings is 1. The maximum atomic E-state index is 5.73. The molecule has 2 rings (SSSR count). The van der Waals surface area contributed by atoms with E-state index in [-0.39, 0.29) is 0 Å². The zero-order valence-corrected chi connectivity index (χ0v) is 8.07. The second-order valence-electron chi connectivity index (χ2n) is 3.90. The van der Waals surface area contributed by atoms with Crippen LogP contribution in [0.25, 0.3) is 0 Å². The number of hydrogen-bond acceptors (Lipinski definition) is 1. The Labute approximate surface area is 79.7 Å². The van der Waals surface area contributed by atoms with Crippen LogP contribution in [0.2, 0.25) is 0 Å². The highest BCUT2D eigenvalue weighted by molar-refractivity contribution is 5.17. The summed E-state index contributed by atoms with van der Waals surface area (Å²) in [7, 11) is 0. The molecule has 0 bridgehead atoms. The van der Waals surface area contributed by atoms with Gasteiger partial charge in [0.1, 0.15) is 0 Å². The summed E-state index contributed by atoms with van der Waals surface area (Å²) in [5, 5.41) is 0. The molecular weight excluding hydrogens is 160 g/mol. The molecule has 0 aromatic heterocycles. The molecule has 1 aromatic carbocycles. The molecule has 0 spiro atoms. The van der Waals surface area contributed by atoms with Gasteiger partial charge < -0.3 is 4.74 Å². The van der Waals surface area contributed by atoms with Crippen LogP contribution in [0.5, 0.6) is 0 Å². The Bertz CT molecular complexity index is 255. The Morgan fingerprint density at radius 3 is 2.69 bits per heavy atom. The molecule has 1 aliphatic heterocycles. The number of rotatable bonds is 1. The number of hydrogen-bond donors (Lipinski definition) is 0. The Kier molecular flexibility index (Phi) is 2.65. The summed E-state index contributed by atoms with van der Waals surface area (Å²) < 4.78 is 5.73. The van der Waals surface area contributed by atoms with Crippen molar-refractivity contribution >= 4 is 0 Å². The highest BCUT2D eigenvalue weighted by Gasteiger charge is 2.20. The average Bonchev–Trinajstić information content (AvgIpc) is 2.19. The molecule has 1 fully saturated rings. The molecule has 0 amide bonds. The fourth-order valence-corrected chi connectivity index (χ4v) is 1.86. The van der Waals surface area contributed by atoms with Crippen molar-refractivity contribution in [3.8, 4) is 0 Å². The minimum atomic E-state index is 0.338. The van der Waals surface area contributed by atoms with Gasteiger partial charge in [0.25, 0.3) is 0 Å². The predicted octanol–water partition coefficient (Wildman–Crippen LogP) is 3.17. The van der Waals surface area contributed by atoms with Crippen LogP contribution < -0.4 is 0 Å². The minimum absolute atomic E-state index is 0.338. The van der Waals surface area contributed by atoms with Crippen molar-refractivity contribution in [3.05, 3.63) is 35.9 Å². The topological polar surface area (TPSA) is 9.23 Å². The van der Waals surface area contributed by atoms with Gasteiger partial charge in [0.05, 0.1) is 6.10 Å². The van der Waals surface area contributed by atoms with Crippen LogP contribution in [0.4, 0.5) is 0 Å². The van der Waals surface area contributed by atoms with Crippen LogP contribution in [0.1, 0.15) is 31.4 Å². The fraction of sp³-hybridized carbons (Fsp3) is 0.500. The highest BCUT2D eigenvalue weighted by atomic mass is 16.5. The van der Waals surface area contributed by atoms with Crippen molar-refractivity contribution < 1.29 is 4.74 Å². The second kappa shape index (κ2) is 3.93. The molecule has 13 heavy (non-hydrogen) atoms. The van der Waals surface area contributed by atoms with Crippen molar-refractivity contribution in [2.24, 2.45) is 5.92 Å². The summed E-state index contributed by atoms with van der Waals surface area (Å²) in [4.78, 5) is 0. The first-order chi connectivity index (χ1) is 6.36. The first kappa shape index (κ1) is 8.76. The van der Waals surface area contributed by atoms with Crippen LogP contribution >= 0.6 is 0 Å². The van der Waals surface area contributed by atoms with E-state index < -0.39 is 0 Å². The molecule has 1 nitrogen and oxygen atoms in total. The summed E-state index contributed by atoms with van der Waals surface area (Å²) in [6, 6.07) is 10.5. The van der Waals surface area contributed by atoms with E-state index >= 15 is 0 Å². The van der Waals surface area contributed by atoms with Gasteiger partial charge in [0.2, 0.25) is 0 Å². The van der Waals surface area contributed by atoms with Crippen molar-refractivity contribution in [3.63, 3.8) is 0 Å². The van der Waals surface area contributed by atoms with Crippen molar-refractivity contribution in [2.75, 3.05) is 6.61 Å². The maximum Gasteiger partial charge on any atom is 0.0827 e. The Morgan fingerprint density at radius 1 is 1.23 bits per heavy atom. The SMILES string of the molecule is C[C@H]1CCO[C@H](c2ccccc2)C1. The van der Waals surface area contributed by atoms with Gasteiger partial charge in [-0.25, -0.2) is 0 Å². The second-order valence-corrected chi connectivity index (χ2v) is 3.90. The third-order valence-electron chi connectivity index (χ3n) is 2.72. The van der Waals surface area contributed by atoms with E-state index in [1.807, 2.05) is 0 Å². The molecule has 2 atom stereocenters. The summed E-state index contributed by atoms with van der Waals surface area (Å²) in [5.41, 5.74) is 1.33. The molecule has 1 heteroatoms. The molecule has 0 unspecified atom stereocenters. The van der Waals surface area contributed by atoms with Crippen LogP contribution in [0, 0.1) is 5.92 Å². The standard InChI is InChI=1S/C12H16O/c1-10-7-8-13-12(9-10)11-5-3-2-4-6-11/h2-6,10,12H,7-9H2,1H3/t10-,12-/m0/s1. The van der Waals surface area contributed by atoms with Gasteiger partial charge in [-0.05, 0) is 24.3 Å². The molecule has 0 radical (unpaired) electrons. The molecule has 0 aliphatic carbocycles. The van der Waals surface area contributed by atoms with E-state index in [0.717, 1.165) is 12.5 Å². The predicted molar refractivity (Wildman–Crippen MR) is 53.5 cm³/mol. The van der Waals surface area contributed by atoms with E-state index in [1.54, 1.807) is 0 Å². The van der Waals surface area contributed by atoms with Gasteiger partial charge in [-0.1, -0.05) is 37.3 Å². The van der Waals surface area contributed by atoms with E-state index in [0.29, 0.717) is 6.10 Å². The molecule has 0 N–H and O–H groups in total. The van der Waals surface area contributed by atoms with Crippen molar-refractivity contribution in [1.82, 2.24) is 0 Å². The minimum Gasteiger partial charge on any atom is -0.374 e. The molecule has 1 aliphatic rings. The zero-order valence-electron chi connectivity index (χ0n) is 8.07. The lowest BCUT2D eigenvalue weighted by molar-refractivity contribution is -0.00632. The third kappa shape index (κ3) is 2.10. The smallest absolute Gasteiger partial charge is 0.0827 e. The first-order valence-electron chi connectivity index (χ1n) is 5.03. The van der Waals surface area contributed by atoms with Gasteiger partial charge in [0.15, 0.2) is 0 Å². The lowest BCUT2D eigenvalue weighted by Gasteiger charge is -2.27. The van der Waals surface area contributed by atoms with Crippen LogP contribution in [0.15, 0.2) is 30.3 Å². The van der Waals surface area contributed by atoms with Crippen LogP contribution in [0.3, 0.4) is 0 Å². The van der Waals surface area contributed by atoms with Gasteiger partial charge in [-0.15, -0.1) is 0 Å². The largest absolute Gasteiger partial charge is 0.374 e. The molecule has 1 saturated heterocycles. The fourth-order valence-electron chi connectivity index (χ4n) is 1.86. The molecular formula is C12H16O. The normalized spacial score (nSPS) is 28.7. The quantitative estimate of drug-likeness (QED) is 0.638. The Morgan fingerprint density at radius 2 is 2.00 bits per heavy atom. The van der Waals surface area contributed by atoms with Gasteiger partial charge in [-0.2, -0.15) is 0 Å². The van der Waals surface area contributed by atoms with Crippen LogP contribution in [-0.2, 0) is 4.74 Å². The van der Waals surface area contributed by atoms with Crippen molar-refractivity contribution in [1.29, 1.82) is 0 Å². The van der Waals surface area contributed by atoms with E-state index in [4.69, 9.17) is 4.74 Å². The Balaban J connectivity index is 2.08. The van der Waals surface area contributed by atoms with Crippen molar-refractivity contribution in [2.45, 2.75) is 25.9 Å². The number of ether oxygens (including phenoxy) is 1. The molecule has 0 saturated carbocycles. The van der Waals surface area contributed by atoms with E-state index in [1.165, 1.54) is 18.4 Å². The van der Waals surface area contributed by atoms with Gasteiger partial charge >= 0.3 is 0 Å². The zero-order chi connectivity index (χ0) is 9.10. The first-order valence-corrected chi connectivity index (χ1v) is 5.03. The summed E-state index contributed by atoms with van der Waals surface area (Å²) in [6.07, 6.45) is 2.72. The van der Waals surface area contributed by atoms with E-state index in [9.17, 15) is 0 Å². The van der Waals surface area contributed by atoms with Crippen LogP contribution in [-0.4, -0.2) is 6.61 Å². The average molecular weight is 176 g/mol. The molecule has 1 heterocycles.